The second-order valence-electron chi connectivity index (χ2n) is 6.40. The van der Waals surface area contributed by atoms with Gasteiger partial charge >= 0.3 is 12.0 Å². The molecular formula is C18H18N4O5S. The van der Waals surface area contributed by atoms with Crippen LogP contribution in [0.4, 0.5) is 4.79 Å². The van der Waals surface area contributed by atoms with Crippen LogP contribution >= 0.6 is 11.3 Å². The monoisotopic (exact) mass is 402 g/mol. The van der Waals surface area contributed by atoms with Crippen molar-refractivity contribution < 1.29 is 23.6 Å². The molecule has 3 aromatic rings. The highest BCUT2D eigenvalue weighted by Crippen LogP contribution is 2.30. The molecule has 9 nitrogen and oxygen atoms in total. The van der Waals surface area contributed by atoms with Gasteiger partial charge in [0, 0.05) is 0 Å². The number of nitrogens with two attached hydrogens (primary N) is 1. The number of amides is 3. The van der Waals surface area contributed by atoms with Crippen LogP contribution in [0.2, 0.25) is 0 Å². The summed E-state index contributed by atoms with van der Waals surface area (Å²) in [6.07, 6.45) is -1.20. The molecule has 1 atom stereocenters. The standard InChI is InChI=1S/C18H18N4O5S/c1-8(2)14(15(23)21-18(19)25)26-17(24)10-7-11(12-5-4-6-28-12)20-16-13(10)9(3)22-27-16/h4-8,14H,1-3H3,(H3,19,21,23,25). The summed E-state index contributed by atoms with van der Waals surface area (Å²) in [5.41, 5.74) is 6.34. The van der Waals surface area contributed by atoms with E-state index in [9.17, 15) is 14.4 Å². The molecule has 0 aliphatic rings. The van der Waals surface area contributed by atoms with Crippen LogP contribution in [0, 0.1) is 12.8 Å². The van der Waals surface area contributed by atoms with Crippen molar-refractivity contribution in [3.05, 3.63) is 34.8 Å². The minimum Gasteiger partial charge on any atom is -0.448 e. The van der Waals surface area contributed by atoms with Crippen molar-refractivity contribution in [3.8, 4) is 10.6 Å². The van der Waals surface area contributed by atoms with Gasteiger partial charge in [0.15, 0.2) is 6.10 Å². The molecule has 10 heteroatoms. The van der Waals surface area contributed by atoms with Gasteiger partial charge in [0.05, 0.1) is 27.2 Å². The van der Waals surface area contributed by atoms with Crippen LogP contribution < -0.4 is 11.1 Å². The van der Waals surface area contributed by atoms with Gasteiger partial charge in [0.2, 0.25) is 0 Å². The summed E-state index contributed by atoms with van der Waals surface area (Å²) in [4.78, 5) is 41.3. The molecule has 3 rings (SSSR count). The van der Waals surface area contributed by atoms with Crippen LogP contribution in [0.15, 0.2) is 28.1 Å². The van der Waals surface area contributed by atoms with Gasteiger partial charge < -0.3 is 15.0 Å². The topological polar surface area (TPSA) is 137 Å². The summed E-state index contributed by atoms with van der Waals surface area (Å²) in [5.74, 6) is -1.93. The number of ether oxygens (including phenoxy) is 1. The van der Waals surface area contributed by atoms with Crippen molar-refractivity contribution in [3.63, 3.8) is 0 Å². The van der Waals surface area contributed by atoms with E-state index in [1.165, 1.54) is 11.3 Å². The summed E-state index contributed by atoms with van der Waals surface area (Å²) in [7, 11) is 0. The molecule has 3 heterocycles. The van der Waals surface area contributed by atoms with Crippen molar-refractivity contribution >= 4 is 40.3 Å². The number of pyridine rings is 1. The van der Waals surface area contributed by atoms with Gasteiger partial charge in [0.25, 0.3) is 11.6 Å². The number of esters is 1. The number of hydrogen-bond acceptors (Lipinski definition) is 8. The van der Waals surface area contributed by atoms with Crippen molar-refractivity contribution in [2.45, 2.75) is 26.9 Å². The molecule has 0 saturated heterocycles. The Balaban J connectivity index is 2.01. The molecule has 0 radical (unpaired) electrons. The number of urea groups is 1. The number of carbonyl (C=O) groups excluding carboxylic acids is 3. The molecule has 0 aliphatic carbocycles. The van der Waals surface area contributed by atoms with Crippen LogP contribution in [0.3, 0.4) is 0 Å². The molecule has 1 unspecified atom stereocenters. The van der Waals surface area contributed by atoms with E-state index in [1.54, 1.807) is 26.8 Å². The van der Waals surface area contributed by atoms with E-state index in [-0.39, 0.29) is 17.2 Å². The van der Waals surface area contributed by atoms with Crippen molar-refractivity contribution in [2.75, 3.05) is 0 Å². The number of imide groups is 1. The van der Waals surface area contributed by atoms with Crippen LogP contribution in [0.1, 0.15) is 29.9 Å². The molecule has 0 saturated carbocycles. The van der Waals surface area contributed by atoms with E-state index in [0.29, 0.717) is 16.8 Å². The zero-order valence-electron chi connectivity index (χ0n) is 15.4. The summed E-state index contributed by atoms with van der Waals surface area (Å²) in [6, 6.07) is 4.27. The molecule has 3 amide bonds. The Morgan fingerprint density at radius 1 is 1.32 bits per heavy atom. The Morgan fingerprint density at radius 2 is 2.07 bits per heavy atom. The van der Waals surface area contributed by atoms with Crippen LogP contribution in [-0.4, -0.2) is 34.2 Å². The van der Waals surface area contributed by atoms with E-state index < -0.39 is 24.0 Å². The highest BCUT2D eigenvalue weighted by molar-refractivity contribution is 7.13. The average molecular weight is 402 g/mol. The maximum Gasteiger partial charge on any atom is 0.339 e. The van der Waals surface area contributed by atoms with Gasteiger partial charge in [-0.2, -0.15) is 0 Å². The maximum atomic E-state index is 12.9. The van der Waals surface area contributed by atoms with E-state index in [4.69, 9.17) is 15.0 Å². The molecule has 28 heavy (non-hydrogen) atoms. The number of thiophene rings is 1. The Hall–Kier alpha value is -3.27. The lowest BCUT2D eigenvalue weighted by Gasteiger charge is -2.20. The Morgan fingerprint density at radius 3 is 2.68 bits per heavy atom. The van der Waals surface area contributed by atoms with Gasteiger partial charge in [-0.25, -0.2) is 14.6 Å². The number of primary amides is 1. The first-order chi connectivity index (χ1) is 13.3. The number of hydrogen-bond donors (Lipinski definition) is 2. The normalized spacial score (nSPS) is 12.1. The molecule has 3 N–H and O–H groups in total. The quantitative estimate of drug-likeness (QED) is 0.626. The molecule has 0 aromatic carbocycles. The number of nitrogens with zero attached hydrogens (tertiary/aromatic N) is 2. The third-order valence-electron chi connectivity index (χ3n) is 3.95. The Kier molecular flexibility index (Phi) is 5.41. The van der Waals surface area contributed by atoms with Gasteiger partial charge in [-0.3, -0.25) is 10.1 Å². The molecule has 0 bridgehead atoms. The van der Waals surface area contributed by atoms with Crippen molar-refractivity contribution in [2.24, 2.45) is 11.7 Å². The van der Waals surface area contributed by atoms with E-state index in [1.807, 2.05) is 22.8 Å². The van der Waals surface area contributed by atoms with Gasteiger partial charge in [0.1, 0.15) is 0 Å². The molecule has 0 aliphatic heterocycles. The largest absolute Gasteiger partial charge is 0.448 e. The number of rotatable bonds is 5. The number of aryl methyl sites for hydroxylation is 1. The summed E-state index contributed by atoms with van der Waals surface area (Å²) in [6.45, 7) is 5.04. The first kappa shape index (κ1) is 19.5. The van der Waals surface area contributed by atoms with Gasteiger partial charge in [-0.15, -0.1) is 11.3 Å². The van der Waals surface area contributed by atoms with Crippen LogP contribution in [0.5, 0.6) is 0 Å². The molecule has 0 spiro atoms. The lowest BCUT2D eigenvalue weighted by Crippen LogP contribution is -2.45. The zero-order chi connectivity index (χ0) is 20.4. The smallest absolute Gasteiger partial charge is 0.339 e. The average Bonchev–Trinajstić information content (AvgIpc) is 3.28. The Labute approximate surface area is 163 Å². The predicted octanol–water partition coefficient (Wildman–Crippen LogP) is 2.64. The Bertz CT molecular complexity index is 1040. The fourth-order valence-corrected chi connectivity index (χ4v) is 3.36. The van der Waals surface area contributed by atoms with E-state index >= 15 is 0 Å². The summed E-state index contributed by atoms with van der Waals surface area (Å²) in [5, 5.41) is 8.10. The second kappa shape index (κ2) is 7.77. The number of aromatic nitrogens is 2. The van der Waals surface area contributed by atoms with Crippen LogP contribution in [-0.2, 0) is 9.53 Å². The first-order valence-electron chi connectivity index (χ1n) is 8.40. The SMILES string of the molecule is Cc1noc2nc(-c3cccs3)cc(C(=O)OC(C(=O)NC(N)=O)C(C)C)c12. The van der Waals surface area contributed by atoms with Crippen LogP contribution in [0.25, 0.3) is 21.7 Å². The minimum atomic E-state index is -1.20. The number of carbonyl (C=O) groups is 3. The first-order valence-corrected chi connectivity index (χ1v) is 9.28. The molecule has 3 aromatic heterocycles. The second-order valence-corrected chi connectivity index (χ2v) is 7.35. The lowest BCUT2D eigenvalue weighted by atomic mass is 10.1. The van der Waals surface area contributed by atoms with Crippen molar-refractivity contribution in [1.82, 2.24) is 15.5 Å². The van der Waals surface area contributed by atoms with Gasteiger partial charge in [-0.1, -0.05) is 25.1 Å². The van der Waals surface area contributed by atoms with Gasteiger partial charge in [-0.05, 0) is 30.4 Å². The third kappa shape index (κ3) is 3.86. The zero-order valence-corrected chi connectivity index (χ0v) is 16.2. The van der Waals surface area contributed by atoms with E-state index in [0.717, 1.165) is 4.88 Å². The number of fused-ring (bicyclic) bond motifs is 1. The number of nitrogens with one attached hydrogen (secondary N) is 1. The fourth-order valence-electron chi connectivity index (χ4n) is 2.67. The van der Waals surface area contributed by atoms with E-state index in [2.05, 4.69) is 10.1 Å². The highest BCUT2D eigenvalue weighted by atomic mass is 32.1. The summed E-state index contributed by atoms with van der Waals surface area (Å²) < 4.78 is 10.6. The molecular weight excluding hydrogens is 384 g/mol. The maximum absolute atomic E-state index is 12.9. The molecule has 146 valence electrons. The predicted molar refractivity (Wildman–Crippen MR) is 102 cm³/mol. The minimum absolute atomic E-state index is 0.171. The van der Waals surface area contributed by atoms with Crippen molar-refractivity contribution in [1.29, 1.82) is 0 Å². The lowest BCUT2D eigenvalue weighted by molar-refractivity contribution is -0.130. The summed E-state index contributed by atoms with van der Waals surface area (Å²) >= 11 is 1.45. The fraction of sp³-hybridized carbons (Fsp3) is 0.278. The molecule has 0 fully saturated rings. The third-order valence-corrected chi connectivity index (χ3v) is 4.85. The highest BCUT2D eigenvalue weighted by Gasteiger charge is 2.30.